The number of hydrogen-bond acceptors (Lipinski definition) is 5. The molecule has 3 rings (SSSR count). The number of anilines is 1. The van der Waals surface area contributed by atoms with Gasteiger partial charge in [0.2, 0.25) is 0 Å². The molecule has 0 aliphatic rings. The first-order valence-corrected chi connectivity index (χ1v) is 7.68. The average Bonchev–Trinajstić information content (AvgIpc) is 2.93. The van der Waals surface area contributed by atoms with Gasteiger partial charge in [-0.3, -0.25) is 0 Å². The van der Waals surface area contributed by atoms with E-state index in [-0.39, 0.29) is 6.10 Å². The SMILES string of the molecule is CCc1cc2c(N)nc(C(OC)c3ccccc3)nc2s1. The fraction of sp³-hybridized carbons (Fsp3) is 0.250. The molecule has 1 atom stereocenters. The zero-order valence-electron chi connectivity index (χ0n) is 12.0. The summed E-state index contributed by atoms with van der Waals surface area (Å²) in [5.74, 6) is 1.13. The molecule has 21 heavy (non-hydrogen) atoms. The molecule has 108 valence electrons. The molecule has 2 aromatic heterocycles. The number of fused-ring (bicyclic) bond motifs is 1. The molecule has 0 spiro atoms. The molecule has 5 heteroatoms. The van der Waals surface area contributed by atoms with Gasteiger partial charge >= 0.3 is 0 Å². The van der Waals surface area contributed by atoms with E-state index in [1.165, 1.54) is 4.88 Å². The summed E-state index contributed by atoms with van der Waals surface area (Å²) in [7, 11) is 1.66. The van der Waals surface area contributed by atoms with Crippen molar-refractivity contribution in [3.8, 4) is 0 Å². The van der Waals surface area contributed by atoms with Crippen LogP contribution in [0.1, 0.15) is 29.3 Å². The fourth-order valence-electron chi connectivity index (χ4n) is 2.32. The molecule has 4 nitrogen and oxygen atoms in total. The summed E-state index contributed by atoms with van der Waals surface area (Å²) in [5, 5.41) is 0.934. The molecule has 3 aromatic rings. The van der Waals surface area contributed by atoms with Crippen LogP contribution in [0.4, 0.5) is 5.82 Å². The third-order valence-electron chi connectivity index (χ3n) is 3.41. The van der Waals surface area contributed by atoms with Gasteiger partial charge in [0.1, 0.15) is 16.8 Å². The number of thiophene rings is 1. The summed E-state index contributed by atoms with van der Waals surface area (Å²) < 4.78 is 5.58. The second-order valence-corrected chi connectivity index (χ2v) is 5.89. The highest BCUT2D eigenvalue weighted by atomic mass is 32.1. The maximum atomic E-state index is 6.10. The maximum absolute atomic E-state index is 6.10. The number of aromatic nitrogens is 2. The Morgan fingerprint density at radius 1 is 1.24 bits per heavy atom. The van der Waals surface area contributed by atoms with Gasteiger partial charge in [-0.05, 0) is 18.1 Å². The maximum Gasteiger partial charge on any atom is 0.165 e. The van der Waals surface area contributed by atoms with Gasteiger partial charge in [-0.25, -0.2) is 9.97 Å². The molecule has 1 unspecified atom stereocenters. The number of methoxy groups -OCH3 is 1. The van der Waals surface area contributed by atoms with Crippen molar-refractivity contribution in [3.63, 3.8) is 0 Å². The first-order chi connectivity index (χ1) is 10.2. The lowest BCUT2D eigenvalue weighted by atomic mass is 10.1. The lowest BCUT2D eigenvalue weighted by Gasteiger charge is -2.14. The van der Waals surface area contributed by atoms with E-state index in [9.17, 15) is 0 Å². The summed E-state index contributed by atoms with van der Waals surface area (Å²) in [5.41, 5.74) is 7.12. The summed E-state index contributed by atoms with van der Waals surface area (Å²) in [6, 6.07) is 12.0. The van der Waals surface area contributed by atoms with Crippen LogP contribution in [-0.2, 0) is 11.2 Å². The lowest BCUT2D eigenvalue weighted by molar-refractivity contribution is 0.129. The van der Waals surface area contributed by atoms with Crippen molar-refractivity contribution in [1.29, 1.82) is 0 Å². The number of benzene rings is 1. The molecule has 0 fully saturated rings. The van der Waals surface area contributed by atoms with Gasteiger partial charge in [0.05, 0.1) is 5.39 Å². The second kappa shape index (κ2) is 5.79. The van der Waals surface area contributed by atoms with E-state index in [0.717, 1.165) is 22.2 Å². The lowest BCUT2D eigenvalue weighted by Crippen LogP contribution is -2.09. The van der Waals surface area contributed by atoms with Crippen molar-refractivity contribution in [2.45, 2.75) is 19.4 Å². The Labute approximate surface area is 127 Å². The van der Waals surface area contributed by atoms with E-state index in [1.54, 1.807) is 18.4 Å². The standard InChI is InChI=1S/C16H17N3OS/c1-3-11-9-12-14(17)18-15(19-16(12)21-11)13(20-2)10-7-5-4-6-8-10/h4-9,13H,3H2,1-2H3,(H2,17,18,19). The van der Waals surface area contributed by atoms with Gasteiger partial charge < -0.3 is 10.5 Å². The van der Waals surface area contributed by atoms with E-state index in [1.807, 2.05) is 30.3 Å². The number of nitrogens with zero attached hydrogens (tertiary/aromatic N) is 2. The van der Waals surface area contributed by atoms with E-state index < -0.39 is 0 Å². The normalized spacial score (nSPS) is 12.7. The van der Waals surface area contributed by atoms with Crippen LogP contribution < -0.4 is 5.73 Å². The Morgan fingerprint density at radius 3 is 2.67 bits per heavy atom. The smallest absolute Gasteiger partial charge is 0.165 e. The van der Waals surface area contributed by atoms with Crippen molar-refractivity contribution in [2.75, 3.05) is 12.8 Å². The Kier molecular flexibility index (Phi) is 3.86. The van der Waals surface area contributed by atoms with Crippen LogP contribution in [0.15, 0.2) is 36.4 Å². The van der Waals surface area contributed by atoms with Crippen molar-refractivity contribution < 1.29 is 4.74 Å². The Bertz CT molecular complexity index is 755. The Hall–Kier alpha value is -1.98. The number of rotatable bonds is 4. The van der Waals surface area contributed by atoms with Crippen LogP contribution in [0.3, 0.4) is 0 Å². The van der Waals surface area contributed by atoms with Crippen LogP contribution in [0, 0.1) is 0 Å². The summed E-state index contributed by atoms with van der Waals surface area (Å²) in [6.45, 7) is 2.12. The van der Waals surface area contributed by atoms with Gasteiger partial charge in [-0.1, -0.05) is 37.3 Å². The number of aryl methyl sites for hydroxylation is 1. The number of hydrogen-bond donors (Lipinski definition) is 1. The van der Waals surface area contributed by atoms with E-state index >= 15 is 0 Å². The first-order valence-electron chi connectivity index (χ1n) is 6.86. The highest BCUT2D eigenvalue weighted by Gasteiger charge is 2.19. The molecular weight excluding hydrogens is 282 g/mol. The highest BCUT2D eigenvalue weighted by molar-refractivity contribution is 7.18. The molecule has 2 heterocycles. The third-order valence-corrected chi connectivity index (χ3v) is 4.58. The zero-order chi connectivity index (χ0) is 14.8. The summed E-state index contributed by atoms with van der Waals surface area (Å²) in [4.78, 5) is 11.3. The number of nitrogens with two attached hydrogens (primary N) is 1. The molecule has 0 aliphatic carbocycles. The fourth-order valence-corrected chi connectivity index (χ4v) is 3.30. The Morgan fingerprint density at radius 2 is 2.00 bits per heavy atom. The average molecular weight is 299 g/mol. The van der Waals surface area contributed by atoms with Crippen LogP contribution >= 0.6 is 11.3 Å². The van der Waals surface area contributed by atoms with Crippen LogP contribution in [0.25, 0.3) is 10.2 Å². The molecule has 0 amide bonds. The van der Waals surface area contributed by atoms with Crippen LogP contribution in [-0.4, -0.2) is 17.1 Å². The molecule has 0 radical (unpaired) electrons. The van der Waals surface area contributed by atoms with Gasteiger partial charge in [-0.2, -0.15) is 0 Å². The van der Waals surface area contributed by atoms with Crippen LogP contribution in [0.2, 0.25) is 0 Å². The predicted octanol–water partition coefficient (Wildman–Crippen LogP) is 3.57. The third kappa shape index (κ3) is 2.62. The predicted molar refractivity (Wildman–Crippen MR) is 86.5 cm³/mol. The topological polar surface area (TPSA) is 61.0 Å². The van der Waals surface area contributed by atoms with Gasteiger partial charge in [0.25, 0.3) is 0 Å². The molecule has 0 aliphatic heterocycles. The molecular formula is C16H17N3OS. The highest BCUT2D eigenvalue weighted by Crippen LogP contribution is 2.31. The van der Waals surface area contributed by atoms with Crippen molar-refractivity contribution in [3.05, 3.63) is 52.7 Å². The Balaban J connectivity index is 2.10. The quantitative estimate of drug-likeness (QED) is 0.800. The molecule has 0 saturated carbocycles. The molecule has 1 aromatic carbocycles. The monoisotopic (exact) mass is 299 g/mol. The molecule has 0 bridgehead atoms. The first kappa shape index (κ1) is 14.0. The van der Waals surface area contributed by atoms with Gasteiger partial charge in [0.15, 0.2) is 5.82 Å². The van der Waals surface area contributed by atoms with Gasteiger partial charge in [-0.15, -0.1) is 11.3 Å². The zero-order valence-corrected chi connectivity index (χ0v) is 12.9. The second-order valence-electron chi connectivity index (χ2n) is 4.78. The van der Waals surface area contributed by atoms with Crippen molar-refractivity contribution >= 4 is 27.4 Å². The van der Waals surface area contributed by atoms with E-state index in [4.69, 9.17) is 10.5 Å². The minimum atomic E-state index is -0.301. The molecule has 2 N–H and O–H groups in total. The van der Waals surface area contributed by atoms with E-state index in [2.05, 4.69) is 23.0 Å². The summed E-state index contributed by atoms with van der Waals surface area (Å²) in [6.07, 6.45) is 0.674. The van der Waals surface area contributed by atoms with Gasteiger partial charge in [0, 0.05) is 12.0 Å². The number of ether oxygens (including phenoxy) is 1. The summed E-state index contributed by atoms with van der Waals surface area (Å²) >= 11 is 1.66. The molecule has 0 saturated heterocycles. The largest absolute Gasteiger partial charge is 0.383 e. The minimum absolute atomic E-state index is 0.301. The van der Waals surface area contributed by atoms with E-state index in [0.29, 0.717) is 11.6 Å². The van der Waals surface area contributed by atoms with Crippen molar-refractivity contribution in [2.24, 2.45) is 0 Å². The minimum Gasteiger partial charge on any atom is -0.383 e. The van der Waals surface area contributed by atoms with Crippen LogP contribution in [0.5, 0.6) is 0 Å². The number of nitrogen functional groups attached to an aromatic ring is 1. The van der Waals surface area contributed by atoms with Crippen molar-refractivity contribution in [1.82, 2.24) is 9.97 Å².